The van der Waals surface area contributed by atoms with Crippen LogP contribution in [0.1, 0.15) is 29.6 Å². The summed E-state index contributed by atoms with van der Waals surface area (Å²) in [7, 11) is 1.79. The minimum atomic E-state index is -0.0289. The first-order valence-electron chi connectivity index (χ1n) is 6.19. The van der Waals surface area contributed by atoms with E-state index in [1.165, 1.54) is 18.6 Å². The van der Waals surface area contributed by atoms with E-state index in [-0.39, 0.29) is 5.91 Å². The molecule has 4 nitrogen and oxygen atoms in total. The monoisotopic (exact) mass is 267 g/mol. The summed E-state index contributed by atoms with van der Waals surface area (Å²) in [4.78, 5) is 15.9. The molecule has 0 aliphatic rings. The molecule has 0 radical (unpaired) electrons. The maximum Gasteiger partial charge on any atom is 0.251 e. The average Bonchev–Trinajstić information content (AvgIpc) is 2.42. The van der Waals surface area contributed by atoms with E-state index in [4.69, 9.17) is 0 Å². The first-order valence-corrected chi connectivity index (χ1v) is 7.58. The number of unbranched alkanes of at least 4 members (excludes halogenated alkanes) is 2. The van der Waals surface area contributed by atoms with Crippen molar-refractivity contribution >= 4 is 23.5 Å². The number of hydrogen-bond donors (Lipinski definition) is 2. The molecule has 1 aromatic rings. The first kappa shape index (κ1) is 14.8. The van der Waals surface area contributed by atoms with E-state index in [1.54, 1.807) is 25.4 Å². The van der Waals surface area contributed by atoms with Gasteiger partial charge in [0, 0.05) is 25.4 Å². The molecular formula is C13H21N3OS. The Balaban J connectivity index is 2.27. The third-order valence-corrected chi connectivity index (χ3v) is 3.29. The molecule has 1 rings (SSSR count). The van der Waals surface area contributed by atoms with Crippen molar-refractivity contribution in [1.29, 1.82) is 0 Å². The minimum absolute atomic E-state index is 0.0289. The highest BCUT2D eigenvalue weighted by Crippen LogP contribution is 2.06. The van der Waals surface area contributed by atoms with E-state index in [9.17, 15) is 4.79 Å². The van der Waals surface area contributed by atoms with Crippen molar-refractivity contribution in [3.05, 3.63) is 23.9 Å². The molecule has 5 heteroatoms. The van der Waals surface area contributed by atoms with E-state index < -0.39 is 0 Å². The van der Waals surface area contributed by atoms with E-state index in [0.717, 1.165) is 13.0 Å². The van der Waals surface area contributed by atoms with E-state index in [0.29, 0.717) is 11.4 Å². The Morgan fingerprint density at radius 3 is 2.94 bits per heavy atom. The number of aromatic nitrogens is 1. The van der Waals surface area contributed by atoms with E-state index in [2.05, 4.69) is 21.9 Å². The molecule has 1 aromatic heterocycles. The van der Waals surface area contributed by atoms with Crippen molar-refractivity contribution in [2.75, 3.05) is 30.9 Å². The molecule has 0 aliphatic carbocycles. The summed E-state index contributed by atoms with van der Waals surface area (Å²) < 4.78 is 0. The van der Waals surface area contributed by atoms with Crippen molar-refractivity contribution in [3.63, 3.8) is 0 Å². The van der Waals surface area contributed by atoms with Crippen molar-refractivity contribution in [2.45, 2.75) is 19.3 Å². The standard InChI is InChI=1S/C13H21N3OS/c1-14-12-10-11(6-8-15-12)13(17)16-7-4-3-5-9-18-2/h6,8,10H,3-5,7,9H2,1-2H3,(H,14,15)(H,16,17). The quantitative estimate of drug-likeness (QED) is 0.710. The predicted octanol–water partition coefficient (Wildman–Crippen LogP) is 2.39. The fraction of sp³-hybridized carbons (Fsp3) is 0.538. The molecule has 0 spiro atoms. The van der Waals surface area contributed by atoms with Gasteiger partial charge in [0.1, 0.15) is 5.82 Å². The molecule has 18 heavy (non-hydrogen) atoms. The van der Waals surface area contributed by atoms with Crippen LogP contribution in [0.4, 0.5) is 5.82 Å². The summed E-state index contributed by atoms with van der Waals surface area (Å²) in [5.41, 5.74) is 0.651. The number of carbonyl (C=O) groups excluding carboxylic acids is 1. The van der Waals surface area contributed by atoms with E-state index >= 15 is 0 Å². The molecule has 2 N–H and O–H groups in total. The summed E-state index contributed by atoms with van der Waals surface area (Å²) in [6, 6.07) is 3.48. The Morgan fingerprint density at radius 2 is 2.22 bits per heavy atom. The smallest absolute Gasteiger partial charge is 0.251 e. The second-order valence-electron chi connectivity index (χ2n) is 3.99. The molecule has 0 saturated heterocycles. The molecule has 1 amide bonds. The highest BCUT2D eigenvalue weighted by molar-refractivity contribution is 7.98. The first-order chi connectivity index (χ1) is 8.77. The maximum absolute atomic E-state index is 11.8. The predicted molar refractivity (Wildman–Crippen MR) is 78.3 cm³/mol. The van der Waals surface area contributed by atoms with Crippen LogP contribution in [-0.4, -0.2) is 36.5 Å². The SMILES string of the molecule is CNc1cc(C(=O)NCCCCCSC)ccn1. The second-order valence-corrected chi connectivity index (χ2v) is 4.97. The zero-order valence-corrected chi connectivity index (χ0v) is 11.8. The van der Waals surface area contributed by atoms with Gasteiger partial charge in [0.25, 0.3) is 5.91 Å². The van der Waals surface area contributed by atoms with Gasteiger partial charge in [-0.1, -0.05) is 6.42 Å². The van der Waals surface area contributed by atoms with Crippen molar-refractivity contribution in [3.8, 4) is 0 Å². The normalized spacial score (nSPS) is 10.1. The van der Waals surface area contributed by atoms with Crippen LogP contribution in [0.15, 0.2) is 18.3 Å². The summed E-state index contributed by atoms with van der Waals surface area (Å²) in [5, 5.41) is 5.85. The van der Waals surface area contributed by atoms with Gasteiger partial charge >= 0.3 is 0 Å². The van der Waals surface area contributed by atoms with Crippen LogP contribution >= 0.6 is 11.8 Å². The summed E-state index contributed by atoms with van der Waals surface area (Å²) in [6.07, 6.45) is 7.18. The Kier molecular flexibility index (Phi) is 7.25. The number of carbonyl (C=O) groups is 1. The van der Waals surface area contributed by atoms with Crippen molar-refractivity contribution in [2.24, 2.45) is 0 Å². The Bertz CT molecular complexity index is 371. The van der Waals surface area contributed by atoms with Gasteiger partial charge < -0.3 is 10.6 Å². The molecule has 0 aromatic carbocycles. The van der Waals surface area contributed by atoms with Crippen LogP contribution in [-0.2, 0) is 0 Å². The van der Waals surface area contributed by atoms with Gasteiger partial charge in [-0.05, 0) is 37.0 Å². The zero-order chi connectivity index (χ0) is 13.2. The highest BCUT2D eigenvalue weighted by atomic mass is 32.2. The third-order valence-electron chi connectivity index (χ3n) is 2.59. The number of amides is 1. The molecule has 0 fully saturated rings. The van der Waals surface area contributed by atoms with Gasteiger partial charge in [-0.3, -0.25) is 4.79 Å². The lowest BCUT2D eigenvalue weighted by Gasteiger charge is -2.06. The van der Waals surface area contributed by atoms with E-state index in [1.807, 2.05) is 11.8 Å². The topological polar surface area (TPSA) is 54.0 Å². The molecule has 0 unspecified atom stereocenters. The van der Waals surface area contributed by atoms with Crippen LogP contribution in [0.5, 0.6) is 0 Å². The number of nitrogens with one attached hydrogen (secondary N) is 2. The van der Waals surface area contributed by atoms with Crippen LogP contribution in [0.25, 0.3) is 0 Å². The average molecular weight is 267 g/mol. The fourth-order valence-corrected chi connectivity index (χ4v) is 2.05. The lowest BCUT2D eigenvalue weighted by molar-refractivity contribution is 0.0953. The summed E-state index contributed by atoms with van der Waals surface area (Å²) >= 11 is 1.87. The number of thioether (sulfide) groups is 1. The van der Waals surface area contributed by atoms with Crippen molar-refractivity contribution < 1.29 is 4.79 Å². The van der Waals surface area contributed by atoms with Gasteiger partial charge in [-0.2, -0.15) is 11.8 Å². The van der Waals surface area contributed by atoms with Crippen LogP contribution in [0.3, 0.4) is 0 Å². The number of hydrogen-bond acceptors (Lipinski definition) is 4. The van der Waals surface area contributed by atoms with Crippen molar-refractivity contribution in [1.82, 2.24) is 10.3 Å². The lowest BCUT2D eigenvalue weighted by atomic mass is 10.2. The number of pyridine rings is 1. The highest BCUT2D eigenvalue weighted by Gasteiger charge is 2.05. The Labute approximate surface area is 113 Å². The largest absolute Gasteiger partial charge is 0.373 e. The minimum Gasteiger partial charge on any atom is -0.373 e. The zero-order valence-electron chi connectivity index (χ0n) is 11.0. The Hall–Kier alpha value is -1.23. The van der Waals surface area contributed by atoms with Crippen LogP contribution in [0.2, 0.25) is 0 Å². The van der Waals surface area contributed by atoms with Crippen LogP contribution < -0.4 is 10.6 Å². The van der Waals surface area contributed by atoms with Crippen LogP contribution in [0, 0.1) is 0 Å². The number of rotatable bonds is 8. The van der Waals surface area contributed by atoms with Gasteiger partial charge in [-0.25, -0.2) is 4.98 Å². The molecular weight excluding hydrogens is 246 g/mol. The third kappa shape index (κ3) is 5.40. The maximum atomic E-state index is 11.8. The summed E-state index contributed by atoms with van der Waals surface area (Å²) in [6.45, 7) is 0.741. The second kappa shape index (κ2) is 8.80. The molecule has 0 atom stereocenters. The van der Waals surface area contributed by atoms with Gasteiger partial charge in [0.15, 0.2) is 0 Å². The van der Waals surface area contributed by atoms with Gasteiger partial charge in [0.2, 0.25) is 0 Å². The molecule has 0 bridgehead atoms. The fourth-order valence-electron chi connectivity index (χ4n) is 1.56. The molecule has 100 valence electrons. The Morgan fingerprint density at radius 1 is 1.39 bits per heavy atom. The molecule has 0 aliphatic heterocycles. The number of nitrogens with zero attached hydrogens (tertiary/aromatic N) is 1. The molecule has 1 heterocycles. The van der Waals surface area contributed by atoms with Gasteiger partial charge in [-0.15, -0.1) is 0 Å². The van der Waals surface area contributed by atoms with Gasteiger partial charge in [0.05, 0.1) is 0 Å². The lowest BCUT2D eigenvalue weighted by Crippen LogP contribution is -2.24. The molecule has 0 saturated carbocycles. The number of anilines is 1. The summed E-state index contributed by atoms with van der Waals surface area (Å²) in [5.74, 6) is 1.88.